The number of hydrogen-bond donors (Lipinski definition) is 2. The molecule has 13 heteroatoms. The van der Waals surface area contributed by atoms with E-state index >= 15 is 0 Å². The number of esters is 4. The summed E-state index contributed by atoms with van der Waals surface area (Å²) in [6.07, 6.45) is 1.80. The quantitative estimate of drug-likeness (QED) is 0.113. The van der Waals surface area contributed by atoms with Gasteiger partial charge in [-0.25, -0.2) is 24.0 Å². The number of hydrogen-bond acceptors (Lipinski definition) is 12. The van der Waals surface area contributed by atoms with Crippen molar-refractivity contribution < 1.29 is 62.7 Å². The molecule has 1 atom stereocenters. The van der Waals surface area contributed by atoms with E-state index in [1.807, 2.05) is 6.92 Å². The van der Waals surface area contributed by atoms with Crippen LogP contribution in [0.5, 0.6) is 0 Å². The van der Waals surface area contributed by atoms with Crippen LogP contribution in [0, 0.1) is 0 Å². The predicted molar refractivity (Wildman–Crippen MR) is 179 cm³/mol. The average molecular weight is 695 g/mol. The summed E-state index contributed by atoms with van der Waals surface area (Å²) >= 11 is 0. The number of carboxylic acids is 1. The third kappa shape index (κ3) is 13.2. The van der Waals surface area contributed by atoms with Gasteiger partial charge in [0.15, 0.2) is 0 Å². The number of ether oxygens (including phenoxy) is 5. The second kappa shape index (κ2) is 19.6. The summed E-state index contributed by atoms with van der Waals surface area (Å²) < 4.78 is 26.2. The van der Waals surface area contributed by atoms with Crippen LogP contribution in [-0.2, 0) is 23.7 Å². The Morgan fingerprint density at radius 3 is 1.50 bits per heavy atom. The van der Waals surface area contributed by atoms with Crippen LogP contribution in [0.1, 0.15) is 103 Å². The number of methoxy groups -OCH3 is 1. The molecular formula is C37H42O13. The highest BCUT2D eigenvalue weighted by atomic mass is 16.6. The molecule has 0 spiro atoms. The maximum absolute atomic E-state index is 12.8. The van der Waals surface area contributed by atoms with Gasteiger partial charge in [-0.3, -0.25) is 4.79 Å². The monoisotopic (exact) mass is 694 g/mol. The van der Waals surface area contributed by atoms with Crippen molar-refractivity contribution in [1.82, 2.24) is 0 Å². The number of carbonyl (C=O) groups is 6. The smallest absolute Gasteiger partial charge is 0.338 e. The van der Waals surface area contributed by atoms with Gasteiger partial charge in [-0.1, -0.05) is 25.5 Å². The summed E-state index contributed by atoms with van der Waals surface area (Å²) in [7, 11) is 1.53. The number of aliphatic hydroxyl groups is 1. The first-order chi connectivity index (χ1) is 23.7. The maximum Gasteiger partial charge on any atom is 0.338 e. The summed E-state index contributed by atoms with van der Waals surface area (Å²) in [6.45, 7) is 6.82. The lowest BCUT2D eigenvalue weighted by atomic mass is 10.0. The molecule has 3 rings (SSSR count). The first-order valence-corrected chi connectivity index (χ1v) is 15.6. The zero-order valence-corrected chi connectivity index (χ0v) is 28.6. The van der Waals surface area contributed by atoms with Crippen molar-refractivity contribution in [2.24, 2.45) is 0 Å². The molecule has 0 heterocycles. The molecule has 0 fully saturated rings. The molecule has 3 aromatic rings. The van der Waals surface area contributed by atoms with Gasteiger partial charge in [0, 0.05) is 12.7 Å². The van der Waals surface area contributed by atoms with Crippen molar-refractivity contribution in [1.29, 1.82) is 0 Å². The number of aliphatic hydroxyl groups excluding tert-OH is 1. The molecule has 0 saturated carbocycles. The van der Waals surface area contributed by atoms with Crippen molar-refractivity contribution in [3.63, 3.8) is 0 Å². The Labute approximate surface area is 290 Å². The van der Waals surface area contributed by atoms with Crippen LogP contribution in [0.15, 0.2) is 72.8 Å². The van der Waals surface area contributed by atoms with E-state index in [0.717, 1.165) is 0 Å². The van der Waals surface area contributed by atoms with Gasteiger partial charge in [0.05, 0.1) is 40.0 Å². The average Bonchev–Trinajstić information content (AvgIpc) is 3.12. The number of benzene rings is 3. The van der Waals surface area contributed by atoms with Crippen LogP contribution in [0.25, 0.3) is 0 Å². The molecule has 3 aromatic carbocycles. The summed E-state index contributed by atoms with van der Waals surface area (Å²) in [5.74, 6) is -3.44. The van der Waals surface area contributed by atoms with Crippen molar-refractivity contribution in [2.75, 3.05) is 33.5 Å². The standard InChI is InChI=1S/C27H32O9.C10H10O4/c1-6-15-27(4,17-35-24(31)19-9-7-18(8-10-19)22(28)29)36-25(32)21-13-11-20(12-14-21)23(30)34-16-26(2,3)33-5;11-5-6-14-10(13)9-3-1-8(7-12)2-4-9/h7-14H,6,15-17H2,1-5H3,(H,28,29);1-4,7,11H,5-6H2. The number of aldehydes is 1. The van der Waals surface area contributed by atoms with Crippen LogP contribution in [0.3, 0.4) is 0 Å². The molecule has 13 nitrogen and oxygen atoms in total. The Kier molecular flexibility index (Phi) is 16.0. The summed E-state index contributed by atoms with van der Waals surface area (Å²) in [5.41, 5.74) is -0.108. The van der Waals surface area contributed by atoms with Gasteiger partial charge < -0.3 is 33.9 Å². The summed E-state index contributed by atoms with van der Waals surface area (Å²) in [4.78, 5) is 69.9. The van der Waals surface area contributed by atoms with Gasteiger partial charge in [0.2, 0.25) is 0 Å². The molecular weight excluding hydrogens is 652 g/mol. The first kappa shape index (κ1) is 40.8. The Bertz CT molecular complexity index is 1590. The minimum Gasteiger partial charge on any atom is -0.478 e. The van der Waals surface area contributed by atoms with E-state index in [1.54, 1.807) is 20.8 Å². The lowest BCUT2D eigenvalue weighted by molar-refractivity contribution is -0.0502. The molecule has 2 N–H and O–H groups in total. The molecule has 0 bridgehead atoms. The largest absolute Gasteiger partial charge is 0.478 e. The molecule has 0 radical (unpaired) electrons. The summed E-state index contributed by atoms with van der Waals surface area (Å²) in [6, 6.07) is 17.3. The molecule has 268 valence electrons. The number of carbonyl (C=O) groups excluding carboxylic acids is 5. The van der Waals surface area contributed by atoms with E-state index in [1.165, 1.54) is 79.9 Å². The van der Waals surface area contributed by atoms with Crippen molar-refractivity contribution in [3.8, 4) is 0 Å². The predicted octanol–water partition coefficient (Wildman–Crippen LogP) is 5.19. The van der Waals surface area contributed by atoms with E-state index in [-0.39, 0.29) is 48.7 Å². The molecule has 0 aliphatic carbocycles. The Hall–Kier alpha value is -5.40. The van der Waals surface area contributed by atoms with Gasteiger partial charge in [-0.2, -0.15) is 0 Å². The zero-order valence-electron chi connectivity index (χ0n) is 28.6. The Morgan fingerprint density at radius 2 is 1.08 bits per heavy atom. The first-order valence-electron chi connectivity index (χ1n) is 15.6. The SMILES string of the molecule is CCCC(C)(COC(=O)c1ccc(C(=O)O)cc1)OC(=O)c1ccc(C(=O)OCC(C)(C)OC)cc1.O=Cc1ccc(C(=O)OCCO)cc1. The van der Waals surface area contributed by atoms with Gasteiger partial charge in [0.25, 0.3) is 0 Å². The third-order valence-electron chi connectivity index (χ3n) is 7.06. The third-order valence-corrected chi connectivity index (χ3v) is 7.06. The molecule has 0 amide bonds. The Morgan fingerprint density at radius 1 is 0.660 bits per heavy atom. The number of rotatable bonds is 16. The molecule has 0 aliphatic rings. The second-order valence-corrected chi connectivity index (χ2v) is 11.8. The maximum atomic E-state index is 12.8. The highest BCUT2D eigenvalue weighted by Gasteiger charge is 2.31. The minimum atomic E-state index is -1.10. The minimum absolute atomic E-state index is 0.0196. The van der Waals surface area contributed by atoms with Crippen molar-refractivity contribution in [3.05, 3.63) is 106 Å². The topological polar surface area (TPSA) is 189 Å². The van der Waals surface area contributed by atoms with Crippen LogP contribution < -0.4 is 0 Å². The lowest BCUT2D eigenvalue weighted by Crippen LogP contribution is -2.37. The van der Waals surface area contributed by atoms with Gasteiger partial charge in [-0.05, 0) is 87.9 Å². The Balaban J connectivity index is 0.000000515. The number of aromatic carboxylic acids is 1. The normalized spacial score (nSPS) is 11.9. The van der Waals surface area contributed by atoms with Crippen molar-refractivity contribution >= 4 is 36.1 Å². The lowest BCUT2D eigenvalue weighted by Gasteiger charge is -2.29. The van der Waals surface area contributed by atoms with Crippen LogP contribution in [0.4, 0.5) is 0 Å². The van der Waals surface area contributed by atoms with Gasteiger partial charge in [0.1, 0.15) is 31.7 Å². The van der Waals surface area contributed by atoms with Crippen LogP contribution in [-0.4, -0.2) is 91.1 Å². The highest BCUT2D eigenvalue weighted by Crippen LogP contribution is 2.22. The van der Waals surface area contributed by atoms with E-state index in [4.69, 9.17) is 29.2 Å². The molecule has 0 aromatic heterocycles. The highest BCUT2D eigenvalue weighted by molar-refractivity contribution is 5.94. The van der Waals surface area contributed by atoms with Crippen LogP contribution >= 0.6 is 0 Å². The fourth-order valence-corrected chi connectivity index (χ4v) is 4.06. The van der Waals surface area contributed by atoms with E-state index in [0.29, 0.717) is 30.3 Å². The van der Waals surface area contributed by atoms with Crippen molar-refractivity contribution in [2.45, 2.75) is 51.7 Å². The molecule has 0 saturated heterocycles. The fourth-order valence-electron chi connectivity index (χ4n) is 4.06. The fraction of sp³-hybridized carbons (Fsp3) is 0.351. The number of carboxylic acid groups (broad SMARTS) is 1. The van der Waals surface area contributed by atoms with E-state index in [2.05, 4.69) is 4.74 Å². The van der Waals surface area contributed by atoms with E-state index in [9.17, 15) is 28.8 Å². The molecule has 1 unspecified atom stereocenters. The molecule has 50 heavy (non-hydrogen) atoms. The zero-order chi connectivity index (χ0) is 37.3. The van der Waals surface area contributed by atoms with Crippen LogP contribution in [0.2, 0.25) is 0 Å². The molecule has 0 aliphatic heterocycles. The second-order valence-electron chi connectivity index (χ2n) is 11.8. The van der Waals surface area contributed by atoms with Gasteiger partial charge >= 0.3 is 29.8 Å². The summed E-state index contributed by atoms with van der Waals surface area (Å²) in [5, 5.41) is 17.4. The van der Waals surface area contributed by atoms with Gasteiger partial charge in [-0.15, -0.1) is 0 Å². The van der Waals surface area contributed by atoms with E-state index < -0.39 is 41.0 Å².